The maximum atomic E-state index is 10.8. The molecule has 0 atom stereocenters. The van der Waals surface area contributed by atoms with Gasteiger partial charge in [0.15, 0.2) is 0 Å². The molecule has 0 unspecified atom stereocenters. The van der Waals surface area contributed by atoms with E-state index in [0.717, 1.165) is 12.8 Å². The molecule has 0 radical (unpaired) electrons. The maximum absolute atomic E-state index is 10.8. The first-order valence-electron chi connectivity index (χ1n) is 8.64. The summed E-state index contributed by atoms with van der Waals surface area (Å²) in [5, 5.41) is 8.88. The Kier molecular flexibility index (Phi) is 14.0. The minimum absolute atomic E-state index is 0.567. The highest BCUT2D eigenvalue weighted by atomic mass is 16.4. The Bertz CT molecular complexity index is 256. The molecular formula is C18H34O2. The second-order valence-electron chi connectivity index (χ2n) is 5.71. The summed E-state index contributed by atoms with van der Waals surface area (Å²) in [5.41, 5.74) is 0.567. The number of hydrogen-bond donors (Lipinski definition) is 1. The average molecular weight is 282 g/mol. The largest absolute Gasteiger partial charge is 0.478 e. The van der Waals surface area contributed by atoms with Crippen LogP contribution < -0.4 is 0 Å². The summed E-state index contributed by atoms with van der Waals surface area (Å²) in [7, 11) is 0. The van der Waals surface area contributed by atoms with E-state index in [1.54, 1.807) is 0 Å². The van der Waals surface area contributed by atoms with Crippen molar-refractivity contribution in [1.82, 2.24) is 0 Å². The smallest absolute Gasteiger partial charge is 0.331 e. The standard InChI is InChI=1S/C18H34O2/c1-3-5-6-7-8-9-10-11-12-13-14-15-16-17(4-2)18(19)20/h16H,3-15H2,1-2H3,(H,19,20)/b17-16+. The van der Waals surface area contributed by atoms with Crippen LogP contribution in [-0.2, 0) is 4.79 Å². The molecule has 0 spiro atoms. The molecule has 0 saturated carbocycles. The van der Waals surface area contributed by atoms with E-state index in [1.807, 2.05) is 13.0 Å². The molecule has 0 aliphatic rings. The zero-order chi connectivity index (χ0) is 15.1. The first kappa shape index (κ1) is 19.2. The number of carboxylic acid groups (broad SMARTS) is 1. The molecule has 0 aromatic carbocycles. The minimum Gasteiger partial charge on any atom is -0.478 e. The van der Waals surface area contributed by atoms with Crippen LogP contribution in [0.3, 0.4) is 0 Å². The highest BCUT2D eigenvalue weighted by molar-refractivity contribution is 5.86. The summed E-state index contributed by atoms with van der Waals surface area (Å²) < 4.78 is 0. The fraction of sp³-hybridized carbons (Fsp3) is 0.833. The van der Waals surface area contributed by atoms with Crippen molar-refractivity contribution in [2.75, 3.05) is 0 Å². The van der Waals surface area contributed by atoms with Crippen LogP contribution >= 0.6 is 0 Å². The molecule has 118 valence electrons. The Labute approximate surface area is 125 Å². The topological polar surface area (TPSA) is 37.3 Å². The third-order valence-corrected chi connectivity index (χ3v) is 3.85. The highest BCUT2D eigenvalue weighted by Crippen LogP contribution is 2.12. The van der Waals surface area contributed by atoms with Crippen molar-refractivity contribution < 1.29 is 9.90 Å². The molecule has 2 nitrogen and oxygen atoms in total. The molecule has 0 aliphatic carbocycles. The van der Waals surface area contributed by atoms with Gasteiger partial charge in [-0.3, -0.25) is 0 Å². The average Bonchev–Trinajstić information content (AvgIpc) is 2.43. The van der Waals surface area contributed by atoms with Gasteiger partial charge in [-0.2, -0.15) is 0 Å². The first-order chi connectivity index (χ1) is 9.72. The van der Waals surface area contributed by atoms with Crippen molar-refractivity contribution in [3.05, 3.63) is 11.6 Å². The van der Waals surface area contributed by atoms with Crippen molar-refractivity contribution >= 4 is 5.97 Å². The molecule has 0 heterocycles. The van der Waals surface area contributed by atoms with E-state index >= 15 is 0 Å². The summed E-state index contributed by atoms with van der Waals surface area (Å²) in [6.45, 7) is 4.16. The van der Waals surface area contributed by atoms with E-state index in [1.165, 1.54) is 64.2 Å². The lowest BCUT2D eigenvalue weighted by molar-refractivity contribution is -0.132. The van der Waals surface area contributed by atoms with Crippen molar-refractivity contribution in [1.29, 1.82) is 0 Å². The zero-order valence-electron chi connectivity index (χ0n) is 13.6. The third-order valence-electron chi connectivity index (χ3n) is 3.85. The van der Waals surface area contributed by atoms with Gasteiger partial charge >= 0.3 is 5.97 Å². The molecule has 0 saturated heterocycles. The number of carboxylic acids is 1. The second-order valence-corrected chi connectivity index (χ2v) is 5.71. The van der Waals surface area contributed by atoms with E-state index in [0.29, 0.717) is 12.0 Å². The van der Waals surface area contributed by atoms with Gasteiger partial charge in [0, 0.05) is 5.57 Å². The van der Waals surface area contributed by atoms with Crippen LogP contribution in [0, 0.1) is 0 Å². The molecule has 2 heteroatoms. The molecular weight excluding hydrogens is 248 g/mol. The van der Waals surface area contributed by atoms with Crippen molar-refractivity contribution in [2.45, 2.75) is 97.3 Å². The third kappa shape index (κ3) is 12.3. The molecule has 0 aliphatic heterocycles. The molecule has 0 bridgehead atoms. The Hall–Kier alpha value is -0.790. The highest BCUT2D eigenvalue weighted by Gasteiger charge is 2.02. The number of rotatable bonds is 14. The molecule has 0 aromatic heterocycles. The van der Waals surface area contributed by atoms with Gasteiger partial charge in [-0.05, 0) is 19.3 Å². The molecule has 0 aromatic rings. The number of allylic oxidation sites excluding steroid dienone is 1. The van der Waals surface area contributed by atoms with Gasteiger partial charge in [0.1, 0.15) is 0 Å². The number of hydrogen-bond acceptors (Lipinski definition) is 1. The monoisotopic (exact) mass is 282 g/mol. The van der Waals surface area contributed by atoms with Gasteiger partial charge in [-0.25, -0.2) is 4.79 Å². The fourth-order valence-corrected chi connectivity index (χ4v) is 2.47. The minimum atomic E-state index is -0.754. The maximum Gasteiger partial charge on any atom is 0.331 e. The molecule has 20 heavy (non-hydrogen) atoms. The van der Waals surface area contributed by atoms with Crippen molar-refractivity contribution in [2.24, 2.45) is 0 Å². The summed E-state index contributed by atoms with van der Waals surface area (Å²) in [4.78, 5) is 10.8. The lowest BCUT2D eigenvalue weighted by atomic mass is 10.0. The van der Waals surface area contributed by atoms with Crippen LogP contribution in [-0.4, -0.2) is 11.1 Å². The lowest BCUT2D eigenvalue weighted by Gasteiger charge is -2.02. The van der Waals surface area contributed by atoms with Crippen LogP contribution in [0.5, 0.6) is 0 Å². The van der Waals surface area contributed by atoms with Gasteiger partial charge in [0.25, 0.3) is 0 Å². The zero-order valence-corrected chi connectivity index (χ0v) is 13.6. The van der Waals surface area contributed by atoms with Gasteiger partial charge < -0.3 is 5.11 Å². The van der Waals surface area contributed by atoms with Crippen LogP contribution in [0.4, 0.5) is 0 Å². The lowest BCUT2D eigenvalue weighted by Crippen LogP contribution is -1.98. The van der Waals surface area contributed by atoms with Gasteiger partial charge in [0.2, 0.25) is 0 Å². The van der Waals surface area contributed by atoms with Crippen LogP contribution in [0.15, 0.2) is 11.6 Å². The Balaban J connectivity index is 3.26. The Morgan fingerprint density at radius 2 is 1.25 bits per heavy atom. The van der Waals surface area contributed by atoms with E-state index in [9.17, 15) is 4.79 Å². The Morgan fingerprint density at radius 1 is 0.800 bits per heavy atom. The number of carbonyl (C=O) groups is 1. The second kappa shape index (κ2) is 14.6. The summed E-state index contributed by atoms with van der Waals surface area (Å²) in [6.07, 6.45) is 18.2. The van der Waals surface area contributed by atoms with Crippen molar-refractivity contribution in [3.8, 4) is 0 Å². The van der Waals surface area contributed by atoms with Gasteiger partial charge in [-0.1, -0.05) is 84.1 Å². The van der Waals surface area contributed by atoms with Crippen molar-refractivity contribution in [3.63, 3.8) is 0 Å². The molecule has 1 N–H and O–H groups in total. The van der Waals surface area contributed by atoms with Gasteiger partial charge in [0.05, 0.1) is 0 Å². The number of unbranched alkanes of at least 4 members (excludes halogenated alkanes) is 11. The summed E-state index contributed by atoms with van der Waals surface area (Å²) in [6, 6.07) is 0. The number of aliphatic carboxylic acids is 1. The Morgan fingerprint density at radius 3 is 1.65 bits per heavy atom. The van der Waals surface area contributed by atoms with Gasteiger partial charge in [-0.15, -0.1) is 0 Å². The molecule has 0 amide bonds. The van der Waals surface area contributed by atoms with Crippen LogP contribution in [0.25, 0.3) is 0 Å². The SMILES string of the molecule is CCCCCCCCCCCCC/C=C(\CC)C(=O)O. The van der Waals surface area contributed by atoms with E-state index in [2.05, 4.69) is 6.92 Å². The predicted molar refractivity (Wildman–Crippen MR) is 87.1 cm³/mol. The summed E-state index contributed by atoms with van der Waals surface area (Å²) >= 11 is 0. The first-order valence-corrected chi connectivity index (χ1v) is 8.64. The molecule has 0 rings (SSSR count). The predicted octanol–water partition coefficient (Wildman–Crippen LogP) is 6.11. The fourth-order valence-electron chi connectivity index (χ4n) is 2.47. The normalized spacial score (nSPS) is 11.8. The van der Waals surface area contributed by atoms with E-state index in [4.69, 9.17) is 5.11 Å². The summed E-state index contributed by atoms with van der Waals surface area (Å²) in [5.74, 6) is -0.754. The van der Waals surface area contributed by atoms with Crippen LogP contribution in [0.2, 0.25) is 0 Å². The molecule has 0 fully saturated rings. The quantitative estimate of drug-likeness (QED) is 0.308. The van der Waals surface area contributed by atoms with Crippen LogP contribution in [0.1, 0.15) is 97.3 Å². The van der Waals surface area contributed by atoms with E-state index < -0.39 is 5.97 Å². The van der Waals surface area contributed by atoms with E-state index in [-0.39, 0.29) is 0 Å².